The third-order valence-corrected chi connectivity index (χ3v) is 5.94. The van der Waals surface area contributed by atoms with Crippen LogP contribution in [0.1, 0.15) is 15.9 Å². The van der Waals surface area contributed by atoms with Crippen LogP contribution in [-0.2, 0) is 6.54 Å². The minimum absolute atomic E-state index is 0.125. The van der Waals surface area contributed by atoms with Crippen LogP contribution < -0.4 is 4.90 Å². The molecule has 0 radical (unpaired) electrons. The molecule has 0 fully saturated rings. The summed E-state index contributed by atoms with van der Waals surface area (Å²) in [6, 6.07) is 20.2. The molecule has 0 bridgehead atoms. The summed E-state index contributed by atoms with van der Waals surface area (Å²) in [5, 5.41) is 0.565. The minimum Gasteiger partial charge on any atom is -0.288 e. The molecule has 1 aliphatic heterocycles. The summed E-state index contributed by atoms with van der Waals surface area (Å²) < 4.78 is 28.4. The second kappa shape index (κ2) is 7.81. The van der Waals surface area contributed by atoms with E-state index in [1.165, 1.54) is 12.1 Å². The fourth-order valence-corrected chi connectivity index (χ4v) is 4.26. The second-order valence-electron chi connectivity index (χ2n) is 7.99. The van der Waals surface area contributed by atoms with Gasteiger partial charge in [-0.05, 0) is 47.5 Å². The first-order chi connectivity index (χ1) is 16.6. The lowest BCUT2D eigenvalue weighted by atomic mass is 10.0. The van der Waals surface area contributed by atoms with E-state index in [4.69, 9.17) is 4.98 Å². The van der Waals surface area contributed by atoms with Crippen molar-refractivity contribution in [3.8, 4) is 22.5 Å². The Hall–Kier alpha value is -4.52. The molecule has 5 nitrogen and oxygen atoms in total. The Bertz CT molecular complexity index is 1590. The van der Waals surface area contributed by atoms with Gasteiger partial charge in [0.15, 0.2) is 17.5 Å². The third-order valence-electron chi connectivity index (χ3n) is 5.94. The van der Waals surface area contributed by atoms with Crippen LogP contribution in [-0.4, -0.2) is 20.9 Å². The van der Waals surface area contributed by atoms with E-state index >= 15 is 0 Å². The number of anilines is 1. The molecule has 0 atom stereocenters. The van der Waals surface area contributed by atoms with Gasteiger partial charge in [-0.2, -0.15) is 0 Å². The first-order valence-electron chi connectivity index (χ1n) is 10.7. The lowest BCUT2D eigenvalue weighted by Gasteiger charge is -2.18. The normalized spacial score (nSPS) is 12.9. The number of carbonyl (C=O) groups excluding carboxylic acids is 1. The Morgan fingerprint density at radius 1 is 0.824 bits per heavy atom. The summed E-state index contributed by atoms with van der Waals surface area (Å²) in [4.78, 5) is 28.5. The van der Waals surface area contributed by atoms with Crippen LogP contribution in [0.15, 0.2) is 85.2 Å². The van der Waals surface area contributed by atoms with E-state index in [2.05, 4.69) is 9.97 Å². The van der Waals surface area contributed by atoms with Crippen molar-refractivity contribution in [1.29, 1.82) is 0 Å². The van der Waals surface area contributed by atoms with Crippen LogP contribution >= 0.6 is 0 Å². The number of aromatic nitrogens is 3. The number of hydrogen-bond acceptors (Lipinski definition) is 4. The smallest absolute Gasteiger partial charge is 0.260 e. The molecule has 0 saturated heterocycles. The second-order valence-corrected chi connectivity index (χ2v) is 7.99. The SMILES string of the molecule is O=C1c2ccccc2CN1c1nc(-c2cccnc2)nc2ccc(-c3cccc(F)c3F)cc12. The summed E-state index contributed by atoms with van der Waals surface area (Å²) in [6.07, 6.45) is 3.31. The number of pyridine rings is 1. The van der Waals surface area contributed by atoms with Gasteiger partial charge in [0.25, 0.3) is 5.91 Å². The van der Waals surface area contributed by atoms with E-state index in [0.717, 1.165) is 11.6 Å². The highest BCUT2D eigenvalue weighted by molar-refractivity contribution is 6.13. The first-order valence-corrected chi connectivity index (χ1v) is 10.7. The zero-order chi connectivity index (χ0) is 23.2. The van der Waals surface area contributed by atoms with Crippen molar-refractivity contribution in [3.05, 3.63) is 108 Å². The van der Waals surface area contributed by atoms with Gasteiger partial charge in [-0.15, -0.1) is 0 Å². The topological polar surface area (TPSA) is 59.0 Å². The molecule has 0 saturated carbocycles. The highest BCUT2D eigenvalue weighted by Crippen LogP contribution is 2.36. The van der Waals surface area contributed by atoms with Gasteiger partial charge in [0, 0.05) is 34.5 Å². The molecule has 0 unspecified atom stereocenters. The van der Waals surface area contributed by atoms with Crippen molar-refractivity contribution in [2.24, 2.45) is 0 Å². The molecule has 1 amide bonds. The molecule has 0 spiro atoms. The van der Waals surface area contributed by atoms with Gasteiger partial charge in [0.2, 0.25) is 0 Å². The highest BCUT2D eigenvalue weighted by atomic mass is 19.2. The minimum atomic E-state index is -0.930. The van der Waals surface area contributed by atoms with E-state index in [0.29, 0.717) is 45.8 Å². The fourth-order valence-electron chi connectivity index (χ4n) is 4.26. The molecule has 7 heteroatoms. The van der Waals surface area contributed by atoms with E-state index in [9.17, 15) is 13.6 Å². The van der Waals surface area contributed by atoms with Gasteiger partial charge in [-0.1, -0.05) is 36.4 Å². The molecule has 0 aliphatic carbocycles. The number of rotatable bonds is 3. The molecule has 3 aromatic carbocycles. The third kappa shape index (κ3) is 3.21. The Morgan fingerprint density at radius 2 is 1.68 bits per heavy atom. The number of fused-ring (bicyclic) bond motifs is 2. The lowest BCUT2D eigenvalue weighted by molar-refractivity contribution is 0.0996. The summed E-state index contributed by atoms with van der Waals surface area (Å²) in [6.45, 7) is 0.353. The highest BCUT2D eigenvalue weighted by Gasteiger charge is 2.31. The van der Waals surface area contributed by atoms with Crippen LogP contribution in [0.2, 0.25) is 0 Å². The van der Waals surface area contributed by atoms with Gasteiger partial charge >= 0.3 is 0 Å². The van der Waals surface area contributed by atoms with Crippen molar-refractivity contribution in [3.63, 3.8) is 0 Å². The molecular formula is C27H16F2N4O. The molecular weight excluding hydrogens is 434 g/mol. The zero-order valence-electron chi connectivity index (χ0n) is 17.7. The van der Waals surface area contributed by atoms with Crippen molar-refractivity contribution in [2.75, 3.05) is 4.90 Å². The fraction of sp³-hybridized carbons (Fsp3) is 0.0370. The predicted molar refractivity (Wildman–Crippen MR) is 125 cm³/mol. The number of benzene rings is 3. The van der Waals surface area contributed by atoms with Gasteiger partial charge < -0.3 is 0 Å². The molecule has 6 rings (SSSR count). The molecule has 2 aromatic heterocycles. The summed E-state index contributed by atoms with van der Waals surface area (Å²) in [5.74, 6) is -1.20. The van der Waals surface area contributed by atoms with Crippen molar-refractivity contribution in [2.45, 2.75) is 6.54 Å². The van der Waals surface area contributed by atoms with E-state index in [1.54, 1.807) is 47.6 Å². The van der Waals surface area contributed by atoms with E-state index in [1.807, 2.05) is 24.3 Å². The van der Waals surface area contributed by atoms with E-state index < -0.39 is 11.6 Å². The van der Waals surface area contributed by atoms with Crippen molar-refractivity contribution < 1.29 is 13.6 Å². The number of carbonyl (C=O) groups is 1. The standard InChI is InChI=1S/C27H16F2N4O/c28-22-9-3-8-19(24(22)29)16-10-11-23-21(13-16)26(32-25(31-23)17-6-4-12-30-14-17)33-15-18-5-1-2-7-20(18)27(33)34/h1-14H,15H2. The monoisotopic (exact) mass is 450 g/mol. The Morgan fingerprint density at radius 3 is 2.50 bits per heavy atom. The van der Waals surface area contributed by atoms with Crippen LogP contribution in [0.4, 0.5) is 14.6 Å². The van der Waals surface area contributed by atoms with Gasteiger partial charge in [0.05, 0.1) is 12.1 Å². The lowest BCUT2D eigenvalue weighted by Crippen LogP contribution is -2.24. The van der Waals surface area contributed by atoms with Crippen LogP contribution in [0.3, 0.4) is 0 Å². The summed E-state index contributed by atoms with van der Waals surface area (Å²) >= 11 is 0. The van der Waals surface area contributed by atoms with Crippen LogP contribution in [0.25, 0.3) is 33.4 Å². The van der Waals surface area contributed by atoms with Crippen LogP contribution in [0.5, 0.6) is 0 Å². The maximum atomic E-state index is 14.5. The maximum Gasteiger partial charge on any atom is 0.260 e. The Balaban J connectivity index is 1.58. The number of amides is 1. The molecule has 164 valence electrons. The largest absolute Gasteiger partial charge is 0.288 e. The average Bonchev–Trinajstić information content (AvgIpc) is 3.21. The quantitative estimate of drug-likeness (QED) is 0.349. The maximum absolute atomic E-state index is 14.5. The Kier molecular flexibility index (Phi) is 4.62. The number of nitrogens with zero attached hydrogens (tertiary/aromatic N) is 4. The predicted octanol–water partition coefficient (Wildman–Crippen LogP) is 5.80. The number of halogens is 2. The average molecular weight is 450 g/mol. The summed E-state index contributed by atoms with van der Waals surface area (Å²) in [5.41, 5.74) is 3.38. The zero-order valence-corrected chi connectivity index (χ0v) is 17.7. The molecule has 34 heavy (non-hydrogen) atoms. The molecule has 3 heterocycles. The molecule has 0 N–H and O–H groups in total. The van der Waals surface area contributed by atoms with Gasteiger partial charge in [-0.3, -0.25) is 14.7 Å². The number of hydrogen-bond donors (Lipinski definition) is 0. The van der Waals surface area contributed by atoms with E-state index in [-0.39, 0.29) is 11.5 Å². The Labute approximate surface area is 193 Å². The van der Waals surface area contributed by atoms with Gasteiger partial charge in [-0.25, -0.2) is 18.7 Å². The van der Waals surface area contributed by atoms with Crippen molar-refractivity contribution >= 4 is 22.6 Å². The van der Waals surface area contributed by atoms with Crippen LogP contribution in [0, 0.1) is 11.6 Å². The summed E-state index contributed by atoms with van der Waals surface area (Å²) in [7, 11) is 0. The molecule has 1 aliphatic rings. The molecule has 5 aromatic rings. The van der Waals surface area contributed by atoms with Crippen molar-refractivity contribution in [1.82, 2.24) is 15.0 Å². The first kappa shape index (κ1) is 20.1. The van der Waals surface area contributed by atoms with Gasteiger partial charge in [0.1, 0.15) is 5.82 Å².